The fourth-order valence-corrected chi connectivity index (χ4v) is 11.3. The number of fused-ring (bicyclic) bond motifs is 3. The first-order valence-electron chi connectivity index (χ1n) is 32.4. The summed E-state index contributed by atoms with van der Waals surface area (Å²) < 4.78 is 17.1. The highest BCUT2D eigenvalue weighted by atomic mass is 16.5. The Bertz CT molecular complexity index is 4190. The van der Waals surface area contributed by atoms with Gasteiger partial charge < -0.3 is 14.2 Å². The first-order chi connectivity index (χ1) is 43.6. The molecule has 3 heteroatoms. The number of aryl methyl sites for hydroxylation is 3. The number of rotatable bonds is 21. The highest BCUT2D eigenvalue weighted by Crippen LogP contribution is 2.26. The van der Waals surface area contributed by atoms with Crippen molar-refractivity contribution in [3.63, 3.8) is 0 Å². The molecule has 0 fully saturated rings. The molecule has 12 aromatic carbocycles. The maximum Gasteiger partial charge on any atom is 0.0720 e. The van der Waals surface area contributed by atoms with Crippen molar-refractivity contribution < 1.29 is 14.2 Å². The minimum Gasteiger partial charge on any atom is -0.374 e. The summed E-state index contributed by atoms with van der Waals surface area (Å²) in [4.78, 5) is 0. The van der Waals surface area contributed by atoms with Gasteiger partial charge in [-0.3, -0.25) is 0 Å². The van der Waals surface area contributed by atoms with Gasteiger partial charge in [0, 0.05) is 0 Å². The van der Waals surface area contributed by atoms with E-state index in [2.05, 4.69) is 317 Å². The molecule has 456 valence electrons. The predicted molar refractivity (Wildman–Crippen MR) is 381 cm³/mol. The lowest BCUT2D eigenvalue weighted by Crippen LogP contribution is -2.02. The molecule has 0 spiro atoms. The fraction of sp³-hybridized carbons (Fsp3) is 0.241. The van der Waals surface area contributed by atoms with Gasteiger partial charge in [-0.1, -0.05) is 265 Å². The zero-order valence-electron chi connectivity index (χ0n) is 54.6. The predicted octanol–water partition coefficient (Wildman–Crippen LogP) is 21.8. The van der Waals surface area contributed by atoms with Gasteiger partial charge >= 0.3 is 0 Å². The smallest absolute Gasteiger partial charge is 0.0720 e. The lowest BCUT2D eigenvalue weighted by atomic mass is 9.97. The average molecular weight is 1180 g/mol. The Morgan fingerprint density at radius 2 is 0.367 bits per heavy atom. The standard InChI is InChI=1S/3C29H30O/c1-21(2)30-20-26-11-9-24(10-12-26)17-23-5-7-25(8-6-23)18-27-13-15-28-16-22(3)4-14-29(28)19-27;1-21(2)30-20-25-10-8-24(9-11-25)17-27-13-15-28-18-26(12-14-29(28)19-27)16-23-6-4-22(3)5-7-23;1-21(2)30-20-27-13-15-28-18-26(12-14-29(28)19-27)17-25-10-8-24(9-11-25)16-23-6-4-22(3)5-7-23/h4-16,19,21H,17-18,20H2,1-3H3;2*4-15,18-19,21H,16-17,20H2,1-3H3. The molecule has 0 radical (unpaired) electrons. The second kappa shape index (κ2) is 31.7. The van der Waals surface area contributed by atoms with Crippen LogP contribution < -0.4 is 0 Å². The van der Waals surface area contributed by atoms with E-state index in [1.54, 1.807) is 0 Å². The van der Waals surface area contributed by atoms with E-state index in [1.807, 2.05) is 0 Å². The van der Waals surface area contributed by atoms with E-state index in [0.717, 1.165) is 38.5 Å². The summed E-state index contributed by atoms with van der Waals surface area (Å²) >= 11 is 0. The molecule has 0 aliphatic heterocycles. The fourth-order valence-electron chi connectivity index (χ4n) is 11.3. The van der Waals surface area contributed by atoms with Crippen LogP contribution in [0.2, 0.25) is 0 Å². The summed E-state index contributed by atoms with van der Waals surface area (Å²) in [5, 5.41) is 7.81. The van der Waals surface area contributed by atoms with E-state index in [-0.39, 0.29) is 18.3 Å². The van der Waals surface area contributed by atoms with Gasteiger partial charge in [-0.2, -0.15) is 0 Å². The molecule has 0 heterocycles. The molecule has 0 unspecified atom stereocenters. The Labute approximate surface area is 537 Å². The normalized spacial score (nSPS) is 11.3. The van der Waals surface area contributed by atoms with Crippen LogP contribution in [0.5, 0.6) is 0 Å². The summed E-state index contributed by atoms with van der Waals surface area (Å²) in [6.45, 7) is 20.9. The van der Waals surface area contributed by atoms with Gasteiger partial charge in [0.05, 0.1) is 38.1 Å². The molecule has 3 nitrogen and oxygen atoms in total. The average Bonchev–Trinajstić information content (AvgIpc) is 3.27. The van der Waals surface area contributed by atoms with Crippen molar-refractivity contribution in [1.82, 2.24) is 0 Å². The maximum atomic E-state index is 5.73. The Hall–Kier alpha value is -8.70. The van der Waals surface area contributed by atoms with Crippen molar-refractivity contribution in [2.75, 3.05) is 0 Å². The molecule has 0 atom stereocenters. The third-order valence-electron chi connectivity index (χ3n) is 16.5. The van der Waals surface area contributed by atoms with Gasteiger partial charge in [0.1, 0.15) is 0 Å². The zero-order chi connectivity index (χ0) is 62.8. The van der Waals surface area contributed by atoms with Gasteiger partial charge in [0.2, 0.25) is 0 Å². The van der Waals surface area contributed by atoms with Crippen molar-refractivity contribution in [2.24, 2.45) is 0 Å². The second-order valence-corrected chi connectivity index (χ2v) is 25.6. The molecule has 0 N–H and O–H groups in total. The van der Waals surface area contributed by atoms with Crippen LogP contribution in [0.25, 0.3) is 32.3 Å². The monoisotopic (exact) mass is 1180 g/mol. The molecule has 12 aromatic rings. The minimum absolute atomic E-state index is 0.256. The Kier molecular flexibility index (Phi) is 22.6. The Balaban J connectivity index is 0.000000148. The third-order valence-corrected chi connectivity index (χ3v) is 16.5. The molecular weight excluding hydrogens is 1090 g/mol. The van der Waals surface area contributed by atoms with Crippen molar-refractivity contribution in [3.05, 3.63) is 355 Å². The van der Waals surface area contributed by atoms with Gasteiger partial charge in [-0.25, -0.2) is 0 Å². The molecule has 0 saturated carbocycles. The highest BCUT2D eigenvalue weighted by Gasteiger charge is 2.08. The first kappa shape index (κ1) is 64.3. The van der Waals surface area contributed by atoms with Crippen LogP contribution >= 0.6 is 0 Å². The van der Waals surface area contributed by atoms with E-state index >= 15 is 0 Å². The van der Waals surface area contributed by atoms with Gasteiger partial charge in [0.25, 0.3) is 0 Å². The van der Waals surface area contributed by atoms with Crippen LogP contribution in [0.4, 0.5) is 0 Å². The van der Waals surface area contributed by atoms with Crippen LogP contribution in [0, 0.1) is 20.8 Å². The van der Waals surface area contributed by atoms with Crippen LogP contribution in [0.1, 0.15) is 142 Å². The number of hydrogen-bond donors (Lipinski definition) is 0. The Morgan fingerprint density at radius 3 is 0.644 bits per heavy atom. The molecule has 0 aliphatic carbocycles. The molecule has 12 rings (SSSR count). The van der Waals surface area contributed by atoms with Crippen LogP contribution in [0.3, 0.4) is 0 Å². The molecule has 0 aliphatic rings. The van der Waals surface area contributed by atoms with Crippen LogP contribution in [-0.2, 0) is 72.6 Å². The molecule has 0 saturated heterocycles. The van der Waals surface area contributed by atoms with Gasteiger partial charge in [0.15, 0.2) is 0 Å². The molecule has 90 heavy (non-hydrogen) atoms. The number of benzene rings is 12. The van der Waals surface area contributed by atoms with Gasteiger partial charge in [-0.15, -0.1) is 0 Å². The largest absolute Gasteiger partial charge is 0.374 e. The van der Waals surface area contributed by atoms with Crippen molar-refractivity contribution in [2.45, 2.75) is 139 Å². The summed E-state index contributed by atoms with van der Waals surface area (Å²) in [6, 6.07) is 93.8. The molecule has 0 bridgehead atoms. The summed E-state index contributed by atoms with van der Waals surface area (Å²) in [5.74, 6) is 0. The van der Waals surface area contributed by atoms with Crippen LogP contribution in [-0.4, -0.2) is 18.3 Å². The minimum atomic E-state index is 0.256. The van der Waals surface area contributed by atoms with E-state index in [9.17, 15) is 0 Å². The lowest BCUT2D eigenvalue weighted by molar-refractivity contribution is 0.0655. The van der Waals surface area contributed by atoms with E-state index < -0.39 is 0 Å². The maximum absolute atomic E-state index is 5.73. The summed E-state index contributed by atoms with van der Waals surface area (Å²) in [5.41, 5.74) is 23.8. The topological polar surface area (TPSA) is 27.7 Å². The first-order valence-corrected chi connectivity index (χ1v) is 32.4. The summed E-state index contributed by atoms with van der Waals surface area (Å²) in [6.07, 6.45) is 6.58. The Morgan fingerprint density at radius 1 is 0.189 bits per heavy atom. The second-order valence-electron chi connectivity index (χ2n) is 25.6. The molecular formula is C87H90O3. The van der Waals surface area contributed by atoms with Crippen LogP contribution in [0.15, 0.2) is 255 Å². The van der Waals surface area contributed by atoms with E-state index in [0.29, 0.717) is 19.8 Å². The van der Waals surface area contributed by atoms with Crippen molar-refractivity contribution in [3.8, 4) is 0 Å². The number of hydrogen-bond acceptors (Lipinski definition) is 3. The zero-order valence-corrected chi connectivity index (χ0v) is 54.6. The van der Waals surface area contributed by atoms with E-state index in [4.69, 9.17) is 14.2 Å². The van der Waals surface area contributed by atoms with Crippen molar-refractivity contribution >= 4 is 32.3 Å². The molecule has 0 aromatic heterocycles. The lowest BCUT2D eigenvalue weighted by Gasteiger charge is -2.10. The molecule has 0 amide bonds. The quantitative estimate of drug-likeness (QED) is 0.0718. The SMILES string of the molecule is Cc1ccc(Cc2ccc(Cc3ccc4cc(COC(C)C)ccc4c3)cc2)cc1.Cc1ccc(Cc2ccc3cc(Cc4ccc(COC(C)C)cc4)ccc3c2)cc1.Cc1ccc2cc(Cc3ccc(Cc4ccc(COC(C)C)cc4)cc3)ccc2c1. The highest BCUT2D eigenvalue weighted by molar-refractivity contribution is 5.85. The van der Waals surface area contributed by atoms with E-state index in [1.165, 1.54) is 132 Å². The number of ether oxygens (including phenoxy) is 3. The third kappa shape index (κ3) is 19.9. The van der Waals surface area contributed by atoms with Crippen molar-refractivity contribution in [1.29, 1.82) is 0 Å². The summed E-state index contributed by atoms with van der Waals surface area (Å²) in [7, 11) is 0. The van der Waals surface area contributed by atoms with Gasteiger partial charge in [-0.05, 0) is 223 Å².